The van der Waals surface area contributed by atoms with Crippen molar-refractivity contribution in [1.29, 1.82) is 0 Å². The Labute approximate surface area is 156 Å². The molecule has 1 aliphatic rings. The first-order valence-electron chi connectivity index (χ1n) is 9.08. The molecule has 0 bridgehead atoms. The highest BCUT2D eigenvalue weighted by Crippen LogP contribution is 2.37. The number of rotatable bonds is 6. The van der Waals surface area contributed by atoms with Crippen LogP contribution in [0.2, 0.25) is 0 Å². The summed E-state index contributed by atoms with van der Waals surface area (Å²) in [6.07, 6.45) is 6.28. The normalized spacial score (nSPS) is 15.7. The molecule has 144 valence electrons. The van der Waals surface area contributed by atoms with Crippen LogP contribution in [0.4, 0.5) is 17.1 Å². The number of carbonyl (C=O) groups is 1. The highest BCUT2D eigenvalue weighted by atomic mass is 16.3. The van der Waals surface area contributed by atoms with Gasteiger partial charge in [0, 0.05) is 25.8 Å². The van der Waals surface area contributed by atoms with Crippen LogP contribution in [0, 0.1) is 0 Å². The summed E-state index contributed by atoms with van der Waals surface area (Å²) in [6.45, 7) is 2.06. The molecule has 1 fully saturated rings. The van der Waals surface area contributed by atoms with E-state index in [9.17, 15) is 19.5 Å². The molecule has 0 spiro atoms. The molecule has 8 heteroatoms. The molecule has 1 amide bonds. The van der Waals surface area contributed by atoms with Crippen molar-refractivity contribution < 1.29 is 9.90 Å². The third-order valence-electron chi connectivity index (χ3n) is 5.33. The van der Waals surface area contributed by atoms with Crippen molar-refractivity contribution in [2.45, 2.75) is 44.6 Å². The van der Waals surface area contributed by atoms with Gasteiger partial charge in [0.2, 0.25) is 0 Å². The van der Waals surface area contributed by atoms with Crippen molar-refractivity contribution in [3.63, 3.8) is 0 Å². The van der Waals surface area contributed by atoms with Gasteiger partial charge < -0.3 is 20.6 Å². The minimum absolute atomic E-state index is 0.115. The van der Waals surface area contributed by atoms with Crippen LogP contribution >= 0.6 is 0 Å². The topological polar surface area (TPSA) is 112 Å². The van der Waals surface area contributed by atoms with E-state index in [0.717, 1.165) is 32.1 Å². The van der Waals surface area contributed by atoms with Crippen LogP contribution < -0.4 is 21.5 Å². The van der Waals surface area contributed by atoms with Crippen molar-refractivity contribution in [3.8, 4) is 5.75 Å². The number of amides is 1. The summed E-state index contributed by atoms with van der Waals surface area (Å²) in [5.41, 5.74) is -0.981. The smallest absolute Gasteiger partial charge is 0.275 e. The fourth-order valence-corrected chi connectivity index (χ4v) is 3.57. The van der Waals surface area contributed by atoms with Crippen LogP contribution in [0.3, 0.4) is 0 Å². The van der Waals surface area contributed by atoms with Crippen molar-refractivity contribution in [1.82, 2.24) is 9.88 Å². The van der Waals surface area contributed by atoms with Gasteiger partial charge in [0.15, 0.2) is 11.4 Å². The second kappa shape index (κ2) is 7.02. The van der Waals surface area contributed by atoms with Gasteiger partial charge in [-0.25, -0.2) is 4.98 Å². The number of aromatic hydroxyl groups is 1. The number of nitrogens with zero attached hydrogens (tertiary/aromatic N) is 2. The SMILES string of the molecule is CCC1(Nc2c(Nc3ccnc(C(=O)N(C)C)c3O)c(=O)c2=O)CCCC1. The maximum atomic E-state index is 12.1. The van der Waals surface area contributed by atoms with Gasteiger partial charge in [0.05, 0.1) is 5.69 Å². The second-order valence-corrected chi connectivity index (χ2v) is 7.25. The summed E-state index contributed by atoms with van der Waals surface area (Å²) in [6, 6.07) is 1.45. The molecule has 0 atom stereocenters. The first-order chi connectivity index (χ1) is 12.8. The maximum Gasteiger partial charge on any atom is 0.275 e. The molecule has 1 aromatic heterocycles. The molecule has 3 rings (SSSR count). The van der Waals surface area contributed by atoms with Crippen LogP contribution in [-0.4, -0.2) is 40.5 Å². The third-order valence-corrected chi connectivity index (χ3v) is 5.33. The first-order valence-corrected chi connectivity index (χ1v) is 9.08. The molecular formula is C19H24N4O4. The van der Waals surface area contributed by atoms with Crippen LogP contribution in [0.1, 0.15) is 49.5 Å². The quantitative estimate of drug-likeness (QED) is 0.665. The molecule has 27 heavy (non-hydrogen) atoms. The van der Waals surface area contributed by atoms with Gasteiger partial charge in [-0.1, -0.05) is 19.8 Å². The Morgan fingerprint density at radius 2 is 1.85 bits per heavy atom. The number of pyridine rings is 1. The predicted molar refractivity (Wildman–Crippen MR) is 104 cm³/mol. The van der Waals surface area contributed by atoms with E-state index < -0.39 is 16.8 Å². The Morgan fingerprint density at radius 1 is 1.22 bits per heavy atom. The van der Waals surface area contributed by atoms with E-state index >= 15 is 0 Å². The van der Waals surface area contributed by atoms with Gasteiger partial charge in [0.25, 0.3) is 16.8 Å². The number of hydrogen-bond donors (Lipinski definition) is 3. The number of anilines is 3. The Kier molecular flexibility index (Phi) is 4.91. The Hall–Kier alpha value is -2.90. The molecular weight excluding hydrogens is 348 g/mol. The van der Waals surface area contributed by atoms with Gasteiger partial charge >= 0.3 is 0 Å². The lowest BCUT2D eigenvalue weighted by atomic mass is 9.93. The van der Waals surface area contributed by atoms with Gasteiger partial charge in [0.1, 0.15) is 11.4 Å². The molecule has 2 aromatic rings. The zero-order valence-corrected chi connectivity index (χ0v) is 15.8. The van der Waals surface area contributed by atoms with E-state index in [1.807, 2.05) is 0 Å². The van der Waals surface area contributed by atoms with Gasteiger partial charge in [-0.3, -0.25) is 14.4 Å². The molecule has 0 aliphatic heterocycles. The van der Waals surface area contributed by atoms with E-state index in [2.05, 4.69) is 22.5 Å². The van der Waals surface area contributed by atoms with Gasteiger partial charge in [-0.2, -0.15) is 0 Å². The van der Waals surface area contributed by atoms with Crippen molar-refractivity contribution in [2.75, 3.05) is 24.7 Å². The van der Waals surface area contributed by atoms with Crippen molar-refractivity contribution in [3.05, 3.63) is 38.4 Å². The van der Waals surface area contributed by atoms with E-state index in [-0.39, 0.29) is 34.0 Å². The third kappa shape index (κ3) is 3.27. The number of carbonyl (C=O) groups excluding carboxylic acids is 1. The molecule has 0 unspecified atom stereocenters. The van der Waals surface area contributed by atoms with Gasteiger partial charge in [-0.15, -0.1) is 0 Å². The standard InChI is InChI=1S/C19H24N4O4/c1-4-19(8-5-6-9-19)22-13-12(16(25)17(13)26)21-11-7-10-20-14(15(11)24)18(27)23(2)3/h7,10,22,24H,4-6,8-9H2,1-3H3,(H,20,21). The lowest BCUT2D eigenvalue weighted by molar-refractivity contribution is 0.0819. The van der Waals surface area contributed by atoms with Crippen LogP contribution in [-0.2, 0) is 0 Å². The summed E-state index contributed by atoms with van der Waals surface area (Å²) in [4.78, 5) is 41.5. The summed E-state index contributed by atoms with van der Waals surface area (Å²) in [5, 5.41) is 16.5. The lowest BCUT2D eigenvalue weighted by Gasteiger charge is -2.31. The molecule has 8 nitrogen and oxygen atoms in total. The highest BCUT2D eigenvalue weighted by molar-refractivity contribution is 5.97. The maximum absolute atomic E-state index is 12.1. The minimum atomic E-state index is -0.640. The summed E-state index contributed by atoms with van der Waals surface area (Å²) < 4.78 is 0. The van der Waals surface area contributed by atoms with Crippen LogP contribution in [0.5, 0.6) is 5.75 Å². The molecule has 0 saturated heterocycles. The van der Waals surface area contributed by atoms with E-state index in [4.69, 9.17) is 0 Å². The monoisotopic (exact) mass is 372 g/mol. The molecule has 0 radical (unpaired) electrons. The molecule has 1 aliphatic carbocycles. The molecule has 1 saturated carbocycles. The minimum Gasteiger partial charge on any atom is -0.504 e. The molecule has 3 N–H and O–H groups in total. The zero-order chi connectivity index (χ0) is 19.8. The van der Waals surface area contributed by atoms with E-state index in [1.54, 1.807) is 14.1 Å². The second-order valence-electron chi connectivity index (χ2n) is 7.25. The summed E-state index contributed by atoms with van der Waals surface area (Å²) in [7, 11) is 3.10. The molecule has 1 heterocycles. The van der Waals surface area contributed by atoms with Gasteiger partial charge in [-0.05, 0) is 25.3 Å². The Bertz CT molecular complexity index is 938. The molecule has 1 aromatic carbocycles. The lowest BCUT2D eigenvalue weighted by Crippen LogP contribution is -2.43. The Balaban J connectivity index is 1.91. The average molecular weight is 372 g/mol. The fraction of sp³-hybridized carbons (Fsp3) is 0.474. The zero-order valence-electron chi connectivity index (χ0n) is 15.8. The largest absolute Gasteiger partial charge is 0.504 e. The van der Waals surface area contributed by atoms with E-state index in [1.165, 1.54) is 17.2 Å². The number of aromatic nitrogens is 1. The summed E-state index contributed by atoms with van der Waals surface area (Å²) in [5.74, 6) is -0.823. The number of nitrogens with one attached hydrogen (secondary N) is 2. The number of hydrogen-bond acceptors (Lipinski definition) is 7. The van der Waals surface area contributed by atoms with Crippen LogP contribution in [0.25, 0.3) is 0 Å². The average Bonchev–Trinajstić information content (AvgIpc) is 3.14. The van der Waals surface area contributed by atoms with Crippen molar-refractivity contribution >= 4 is 23.0 Å². The predicted octanol–water partition coefficient (Wildman–Crippen LogP) is 1.96. The highest BCUT2D eigenvalue weighted by Gasteiger charge is 2.35. The van der Waals surface area contributed by atoms with Crippen LogP contribution in [0.15, 0.2) is 21.9 Å². The Morgan fingerprint density at radius 3 is 2.44 bits per heavy atom. The fourth-order valence-electron chi connectivity index (χ4n) is 3.57. The summed E-state index contributed by atoms with van der Waals surface area (Å²) >= 11 is 0. The van der Waals surface area contributed by atoms with E-state index in [0.29, 0.717) is 0 Å². The first kappa shape index (κ1) is 18.9. The van der Waals surface area contributed by atoms with Crippen molar-refractivity contribution in [2.24, 2.45) is 0 Å².